The zero-order valence-corrected chi connectivity index (χ0v) is 23.5. The summed E-state index contributed by atoms with van der Waals surface area (Å²) in [5.41, 5.74) is -3.67. The van der Waals surface area contributed by atoms with Gasteiger partial charge in [-0.25, -0.2) is 0 Å². The summed E-state index contributed by atoms with van der Waals surface area (Å²) < 4.78 is 0. The van der Waals surface area contributed by atoms with E-state index in [0.29, 0.717) is 32.1 Å². The van der Waals surface area contributed by atoms with Crippen LogP contribution < -0.4 is 0 Å². The van der Waals surface area contributed by atoms with E-state index in [2.05, 4.69) is 20.8 Å². The molecule has 0 unspecified atom stereocenters. The monoisotopic (exact) mass is 524 g/mol. The lowest BCUT2D eigenvalue weighted by Crippen LogP contribution is -2.70. The molecule has 0 aromatic heterocycles. The molecule has 0 aliphatic heterocycles. The molecule has 5 rings (SSSR count). The number of aliphatic hydroxyl groups is 7. The van der Waals surface area contributed by atoms with Gasteiger partial charge < -0.3 is 35.7 Å². The highest BCUT2D eigenvalue weighted by Gasteiger charge is 2.71. The van der Waals surface area contributed by atoms with E-state index in [1.54, 1.807) is 0 Å². The molecule has 5 aliphatic carbocycles. The van der Waals surface area contributed by atoms with E-state index in [9.17, 15) is 35.7 Å². The Morgan fingerprint density at radius 2 is 1.27 bits per heavy atom. The third-order valence-corrected chi connectivity index (χ3v) is 13.8. The van der Waals surface area contributed by atoms with Crippen molar-refractivity contribution in [3.63, 3.8) is 0 Å². The highest BCUT2D eigenvalue weighted by Crippen LogP contribution is 2.71. The first kappa shape index (κ1) is 28.3. The topological polar surface area (TPSA) is 142 Å². The molecule has 0 heterocycles. The molecule has 0 aromatic carbocycles. The van der Waals surface area contributed by atoms with Crippen molar-refractivity contribution < 1.29 is 35.7 Å². The van der Waals surface area contributed by atoms with Crippen LogP contribution in [-0.2, 0) is 0 Å². The standard InChI is InChI=1S/C30H52O7/c1-25-10-8-19-26(2,11-9-22(34)28(19,4)15-31)18(25)6-7-20-27(3)13-17(33)24(36)29(5,16-32)21(27)12-23(35)30(20,37)14-25/h17-24,31-37H,6-16H2,1-5H3/t17-,18+,19-,20-,21-,22-,23+,24-,25+,26-,27-,28-,29-,30-/m1/s1. The molecule has 14 atom stereocenters. The van der Waals surface area contributed by atoms with Crippen LogP contribution in [0.4, 0.5) is 0 Å². The average Bonchev–Trinajstić information content (AvgIpc) is 2.97. The summed E-state index contributed by atoms with van der Waals surface area (Å²) in [4.78, 5) is 0. The maximum absolute atomic E-state index is 12.5. The molecule has 37 heavy (non-hydrogen) atoms. The maximum atomic E-state index is 12.5. The molecular weight excluding hydrogens is 472 g/mol. The summed E-state index contributed by atoms with van der Waals surface area (Å²) >= 11 is 0. The molecule has 0 bridgehead atoms. The largest absolute Gasteiger partial charge is 0.396 e. The lowest BCUT2D eigenvalue weighted by atomic mass is 9.41. The van der Waals surface area contributed by atoms with Gasteiger partial charge in [-0.15, -0.1) is 0 Å². The minimum Gasteiger partial charge on any atom is -0.396 e. The molecule has 5 aliphatic rings. The molecule has 0 aromatic rings. The van der Waals surface area contributed by atoms with Crippen LogP contribution in [0.5, 0.6) is 0 Å². The number of rotatable bonds is 2. The molecule has 0 saturated heterocycles. The van der Waals surface area contributed by atoms with Crippen LogP contribution in [0.25, 0.3) is 0 Å². The minimum absolute atomic E-state index is 0.0388. The highest BCUT2D eigenvalue weighted by molar-refractivity contribution is 5.20. The molecule has 0 amide bonds. The van der Waals surface area contributed by atoms with Gasteiger partial charge in [0.25, 0.3) is 0 Å². The van der Waals surface area contributed by atoms with E-state index in [1.165, 1.54) is 0 Å². The fourth-order valence-corrected chi connectivity index (χ4v) is 11.8. The molecule has 5 fully saturated rings. The SMILES string of the molecule is C[C@@]12CC[C@@H]3[C@](C)(CC[C@@H](O)[C@]3(C)CO)[C@H]1CC[C@@H]1[C@@]3(C)C[C@@H](O)[C@@H](O)[C@](C)(CO)[C@@H]3C[C@H](O)[C@@]1(O)C2. The zero-order valence-electron chi connectivity index (χ0n) is 23.5. The van der Waals surface area contributed by atoms with Gasteiger partial charge in [-0.3, -0.25) is 0 Å². The van der Waals surface area contributed by atoms with Crippen molar-refractivity contribution in [1.82, 2.24) is 0 Å². The van der Waals surface area contributed by atoms with Crippen LogP contribution >= 0.6 is 0 Å². The van der Waals surface area contributed by atoms with Gasteiger partial charge in [0, 0.05) is 10.8 Å². The Bertz CT molecular complexity index is 899. The number of fused-ring (bicyclic) bond motifs is 6. The summed E-state index contributed by atoms with van der Waals surface area (Å²) in [5, 5.41) is 77.8. The number of hydrogen-bond acceptors (Lipinski definition) is 7. The minimum atomic E-state index is -1.31. The van der Waals surface area contributed by atoms with Gasteiger partial charge in [-0.2, -0.15) is 0 Å². The summed E-state index contributed by atoms with van der Waals surface area (Å²) in [6.07, 6.45) is 2.40. The normalized spacial score (nSPS) is 61.9. The number of hydrogen-bond donors (Lipinski definition) is 7. The maximum Gasteiger partial charge on any atom is 0.0944 e. The first-order chi connectivity index (χ1) is 17.1. The van der Waals surface area contributed by atoms with Gasteiger partial charge in [-0.1, -0.05) is 34.6 Å². The zero-order chi connectivity index (χ0) is 27.4. The second kappa shape index (κ2) is 8.61. The Balaban J connectivity index is 1.57. The summed E-state index contributed by atoms with van der Waals surface area (Å²) in [6.45, 7) is 10.2. The number of aliphatic hydroxyl groups excluding tert-OH is 6. The predicted molar refractivity (Wildman–Crippen MR) is 139 cm³/mol. The van der Waals surface area contributed by atoms with Gasteiger partial charge >= 0.3 is 0 Å². The van der Waals surface area contributed by atoms with Crippen molar-refractivity contribution in [3.8, 4) is 0 Å². The van der Waals surface area contributed by atoms with Crippen LogP contribution in [-0.4, -0.2) is 79.0 Å². The molecular formula is C30H52O7. The van der Waals surface area contributed by atoms with Gasteiger partial charge in [-0.05, 0) is 97.7 Å². The molecule has 7 heteroatoms. The van der Waals surface area contributed by atoms with Crippen molar-refractivity contribution in [2.45, 2.75) is 122 Å². The molecule has 0 radical (unpaired) electrons. The van der Waals surface area contributed by atoms with E-state index in [4.69, 9.17) is 0 Å². The second-order valence-electron chi connectivity index (χ2n) is 15.5. The van der Waals surface area contributed by atoms with Crippen LogP contribution in [0.15, 0.2) is 0 Å². The van der Waals surface area contributed by atoms with E-state index < -0.39 is 46.3 Å². The van der Waals surface area contributed by atoms with Crippen molar-refractivity contribution in [2.24, 2.45) is 50.7 Å². The van der Waals surface area contributed by atoms with Crippen LogP contribution in [0, 0.1) is 50.7 Å². The van der Waals surface area contributed by atoms with E-state index in [0.717, 1.165) is 25.7 Å². The van der Waals surface area contributed by atoms with Crippen molar-refractivity contribution in [1.29, 1.82) is 0 Å². The fraction of sp³-hybridized carbons (Fsp3) is 1.00. The Morgan fingerprint density at radius 1 is 0.649 bits per heavy atom. The lowest BCUT2D eigenvalue weighted by Gasteiger charge is -2.66. The second-order valence-corrected chi connectivity index (χ2v) is 15.5. The summed E-state index contributed by atoms with van der Waals surface area (Å²) in [7, 11) is 0. The highest BCUT2D eigenvalue weighted by atomic mass is 16.3. The van der Waals surface area contributed by atoms with E-state index >= 15 is 0 Å². The quantitative estimate of drug-likeness (QED) is 0.294. The van der Waals surface area contributed by atoms with Crippen LogP contribution in [0.2, 0.25) is 0 Å². The Labute approximate surface area is 222 Å². The lowest BCUT2D eigenvalue weighted by molar-refractivity contribution is -0.275. The molecule has 5 saturated carbocycles. The van der Waals surface area contributed by atoms with E-state index in [-0.39, 0.29) is 47.7 Å². The molecule has 7 N–H and O–H groups in total. The predicted octanol–water partition coefficient (Wildman–Crippen LogP) is 2.22. The first-order valence-corrected chi connectivity index (χ1v) is 14.7. The van der Waals surface area contributed by atoms with Gasteiger partial charge in [0.15, 0.2) is 0 Å². The fourth-order valence-electron chi connectivity index (χ4n) is 11.8. The smallest absolute Gasteiger partial charge is 0.0944 e. The summed E-state index contributed by atoms with van der Waals surface area (Å²) in [6, 6.07) is 0. The van der Waals surface area contributed by atoms with Crippen molar-refractivity contribution >= 4 is 0 Å². The van der Waals surface area contributed by atoms with Crippen molar-refractivity contribution in [2.75, 3.05) is 13.2 Å². The molecule has 0 spiro atoms. The Kier molecular flexibility index (Phi) is 6.57. The average molecular weight is 525 g/mol. The van der Waals surface area contributed by atoms with Crippen LogP contribution in [0.1, 0.15) is 92.4 Å². The third-order valence-electron chi connectivity index (χ3n) is 13.8. The first-order valence-electron chi connectivity index (χ1n) is 14.7. The van der Waals surface area contributed by atoms with Gasteiger partial charge in [0.2, 0.25) is 0 Å². The van der Waals surface area contributed by atoms with E-state index in [1.807, 2.05) is 13.8 Å². The van der Waals surface area contributed by atoms with Gasteiger partial charge in [0.1, 0.15) is 0 Å². The molecule has 214 valence electrons. The molecule has 7 nitrogen and oxygen atoms in total. The third kappa shape index (κ3) is 3.50. The Hall–Kier alpha value is -0.280. The van der Waals surface area contributed by atoms with Gasteiger partial charge in [0.05, 0.1) is 43.2 Å². The van der Waals surface area contributed by atoms with Crippen molar-refractivity contribution in [3.05, 3.63) is 0 Å². The van der Waals surface area contributed by atoms with Crippen LogP contribution in [0.3, 0.4) is 0 Å². The summed E-state index contributed by atoms with van der Waals surface area (Å²) in [5.74, 6) is -0.0596. The Morgan fingerprint density at radius 3 is 1.89 bits per heavy atom.